The summed E-state index contributed by atoms with van der Waals surface area (Å²) in [6.07, 6.45) is 4.66. The van der Waals surface area contributed by atoms with Gasteiger partial charge in [0.2, 0.25) is 0 Å². The first kappa shape index (κ1) is 21.8. The zero-order chi connectivity index (χ0) is 22.3. The molecule has 31 heavy (non-hydrogen) atoms. The minimum atomic E-state index is -0.332. The maximum Gasteiger partial charge on any atom is 0.308 e. The van der Waals surface area contributed by atoms with E-state index in [-0.39, 0.29) is 35.3 Å². The van der Waals surface area contributed by atoms with Crippen LogP contribution in [-0.2, 0) is 30.3 Å². The molecule has 6 heteroatoms. The fourth-order valence-electron chi connectivity index (χ4n) is 6.72. The normalized spacial score (nSPS) is 33.5. The van der Waals surface area contributed by atoms with Crippen molar-refractivity contribution in [3.63, 3.8) is 0 Å². The molecule has 6 nitrogen and oxygen atoms in total. The second-order valence-electron chi connectivity index (χ2n) is 9.73. The fraction of sp³-hybridized carbons (Fsp3) is 0.640. The van der Waals surface area contributed by atoms with Gasteiger partial charge in [-0.25, -0.2) is 0 Å². The molecule has 2 unspecified atom stereocenters. The van der Waals surface area contributed by atoms with Gasteiger partial charge >= 0.3 is 17.9 Å². The number of carbonyl (C=O) groups excluding carboxylic acids is 3. The van der Waals surface area contributed by atoms with Gasteiger partial charge < -0.3 is 14.2 Å². The molecule has 1 aromatic carbocycles. The molecule has 0 spiro atoms. The Hall–Kier alpha value is -2.37. The van der Waals surface area contributed by atoms with Crippen molar-refractivity contribution in [1.29, 1.82) is 0 Å². The van der Waals surface area contributed by atoms with Crippen LogP contribution in [0.5, 0.6) is 5.75 Å². The van der Waals surface area contributed by atoms with Gasteiger partial charge in [-0.2, -0.15) is 0 Å². The van der Waals surface area contributed by atoms with E-state index in [1.165, 1.54) is 31.9 Å². The number of rotatable bonds is 4. The van der Waals surface area contributed by atoms with Gasteiger partial charge in [-0.15, -0.1) is 0 Å². The molecule has 0 amide bonds. The van der Waals surface area contributed by atoms with Crippen molar-refractivity contribution >= 4 is 17.9 Å². The summed E-state index contributed by atoms with van der Waals surface area (Å²) in [7, 11) is 0. The lowest BCUT2D eigenvalue weighted by molar-refractivity contribution is -0.156. The molecule has 3 aliphatic carbocycles. The SMILES string of the molecule is CC(=O)OCC1Cc2cc(OC(C)=O)ccc2[C@H]2CC[C@]3(C)C(OC(C)=O)CC[C@H]3[C@H]12. The van der Waals surface area contributed by atoms with Gasteiger partial charge in [-0.1, -0.05) is 13.0 Å². The second kappa shape index (κ2) is 8.29. The van der Waals surface area contributed by atoms with E-state index in [4.69, 9.17) is 14.2 Å². The Morgan fingerprint density at radius 1 is 1.03 bits per heavy atom. The van der Waals surface area contributed by atoms with Crippen LogP contribution in [0.25, 0.3) is 0 Å². The maximum absolute atomic E-state index is 11.7. The molecular formula is C25H32O6. The lowest BCUT2D eigenvalue weighted by Gasteiger charge is -2.53. The monoisotopic (exact) mass is 428 g/mol. The Balaban J connectivity index is 1.68. The summed E-state index contributed by atoms with van der Waals surface area (Å²) in [5, 5.41) is 0. The number of esters is 3. The van der Waals surface area contributed by atoms with Gasteiger partial charge in [0, 0.05) is 32.1 Å². The molecule has 2 fully saturated rings. The summed E-state index contributed by atoms with van der Waals surface area (Å²) in [6.45, 7) is 7.00. The third kappa shape index (κ3) is 4.09. The molecule has 6 atom stereocenters. The lowest BCUT2D eigenvalue weighted by Crippen LogP contribution is -2.49. The number of hydrogen-bond acceptors (Lipinski definition) is 6. The lowest BCUT2D eigenvalue weighted by atomic mass is 9.52. The Morgan fingerprint density at radius 2 is 1.81 bits per heavy atom. The minimum Gasteiger partial charge on any atom is -0.466 e. The zero-order valence-electron chi connectivity index (χ0n) is 18.8. The fourth-order valence-corrected chi connectivity index (χ4v) is 6.72. The van der Waals surface area contributed by atoms with Crippen molar-refractivity contribution in [2.45, 2.75) is 71.8 Å². The molecule has 1 aromatic rings. The standard InChI is InChI=1S/C25H32O6/c1-14(26)29-13-18-11-17-12-19(30-15(2)27)5-6-20(17)21-9-10-25(4)22(24(18)21)7-8-23(25)31-16(3)28/h5-6,12,18,21-24H,7-11,13H2,1-4H3/t18?,21-,22+,23?,24-,25+/m1/s1. The minimum absolute atomic E-state index is 0.0435. The summed E-state index contributed by atoms with van der Waals surface area (Å²) in [4.78, 5) is 34.7. The average molecular weight is 429 g/mol. The molecule has 0 aliphatic heterocycles. The third-order valence-electron chi connectivity index (χ3n) is 7.86. The number of hydrogen-bond donors (Lipinski definition) is 0. The average Bonchev–Trinajstić information content (AvgIpc) is 3.01. The van der Waals surface area contributed by atoms with E-state index < -0.39 is 0 Å². The van der Waals surface area contributed by atoms with E-state index >= 15 is 0 Å². The summed E-state index contributed by atoms with van der Waals surface area (Å²) in [5.74, 6) is 1.09. The van der Waals surface area contributed by atoms with E-state index in [1.807, 2.05) is 12.1 Å². The second-order valence-corrected chi connectivity index (χ2v) is 9.73. The molecular weight excluding hydrogens is 396 g/mol. The van der Waals surface area contributed by atoms with Gasteiger partial charge in [-0.05, 0) is 73.1 Å². The highest BCUT2D eigenvalue weighted by Gasteiger charge is 2.58. The Labute approximate surface area is 183 Å². The van der Waals surface area contributed by atoms with Gasteiger partial charge in [0.1, 0.15) is 11.9 Å². The quantitative estimate of drug-likeness (QED) is 0.529. The summed E-state index contributed by atoms with van der Waals surface area (Å²) in [6, 6.07) is 5.96. The number of ether oxygens (including phenoxy) is 3. The van der Waals surface area contributed by atoms with Crippen LogP contribution in [0.2, 0.25) is 0 Å². The largest absolute Gasteiger partial charge is 0.466 e. The molecule has 4 rings (SSSR count). The molecule has 3 aliphatic rings. The van der Waals surface area contributed by atoms with Crippen LogP contribution in [0, 0.1) is 23.2 Å². The van der Waals surface area contributed by atoms with Gasteiger partial charge in [0.05, 0.1) is 6.61 Å². The van der Waals surface area contributed by atoms with Crippen molar-refractivity contribution in [2.24, 2.45) is 23.2 Å². The van der Waals surface area contributed by atoms with Gasteiger partial charge in [0.25, 0.3) is 0 Å². The molecule has 168 valence electrons. The Kier molecular flexibility index (Phi) is 5.84. The highest BCUT2D eigenvalue weighted by Crippen LogP contribution is 2.62. The van der Waals surface area contributed by atoms with Crippen LogP contribution in [0.15, 0.2) is 18.2 Å². The molecule has 0 N–H and O–H groups in total. The van der Waals surface area contributed by atoms with Gasteiger partial charge in [0.15, 0.2) is 0 Å². The Morgan fingerprint density at radius 3 is 2.48 bits per heavy atom. The van der Waals surface area contributed by atoms with Crippen molar-refractivity contribution in [3.05, 3.63) is 29.3 Å². The maximum atomic E-state index is 11.7. The number of carbonyl (C=O) groups is 3. The van der Waals surface area contributed by atoms with Crippen LogP contribution in [0.4, 0.5) is 0 Å². The van der Waals surface area contributed by atoms with E-state index in [0.29, 0.717) is 30.1 Å². The highest BCUT2D eigenvalue weighted by atomic mass is 16.5. The van der Waals surface area contributed by atoms with E-state index in [1.54, 1.807) is 0 Å². The molecule has 0 bridgehead atoms. The van der Waals surface area contributed by atoms with Crippen LogP contribution < -0.4 is 4.74 Å². The smallest absolute Gasteiger partial charge is 0.308 e. The zero-order valence-corrected chi connectivity index (χ0v) is 18.8. The van der Waals surface area contributed by atoms with Gasteiger partial charge in [-0.3, -0.25) is 14.4 Å². The number of benzene rings is 1. The van der Waals surface area contributed by atoms with Crippen molar-refractivity contribution in [3.8, 4) is 5.75 Å². The first-order valence-corrected chi connectivity index (χ1v) is 11.3. The topological polar surface area (TPSA) is 78.9 Å². The van der Waals surface area contributed by atoms with Crippen LogP contribution in [0.1, 0.15) is 70.4 Å². The highest BCUT2D eigenvalue weighted by molar-refractivity contribution is 5.69. The summed E-state index contributed by atoms with van der Waals surface area (Å²) >= 11 is 0. The van der Waals surface area contributed by atoms with E-state index in [9.17, 15) is 14.4 Å². The molecule has 0 saturated heterocycles. The first-order valence-electron chi connectivity index (χ1n) is 11.3. The summed E-state index contributed by atoms with van der Waals surface area (Å²) < 4.78 is 16.6. The first-order chi connectivity index (χ1) is 14.7. The molecule has 0 radical (unpaired) electrons. The molecule has 0 heterocycles. The molecule has 2 saturated carbocycles. The Bertz CT molecular complexity index is 892. The number of fused-ring (bicyclic) bond motifs is 5. The van der Waals surface area contributed by atoms with Crippen molar-refractivity contribution in [1.82, 2.24) is 0 Å². The van der Waals surface area contributed by atoms with Crippen LogP contribution in [0.3, 0.4) is 0 Å². The van der Waals surface area contributed by atoms with E-state index in [0.717, 1.165) is 32.1 Å². The molecule has 0 aromatic heterocycles. The van der Waals surface area contributed by atoms with Crippen molar-refractivity contribution < 1.29 is 28.6 Å². The predicted octanol–water partition coefficient (Wildman–Crippen LogP) is 4.19. The summed E-state index contributed by atoms with van der Waals surface area (Å²) in [5.41, 5.74) is 2.45. The van der Waals surface area contributed by atoms with Crippen LogP contribution in [-0.4, -0.2) is 30.6 Å². The third-order valence-corrected chi connectivity index (χ3v) is 7.86. The van der Waals surface area contributed by atoms with Crippen molar-refractivity contribution in [2.75, 3.05) is 6.61 Å². The van der Waals surface area contributed by atoms with Crippen LogP contribution >= 0.6 is 0 Å². The predicted molar refractivity (Wildman–Crippen MR) is 113 cm³/mol. The van der Waals surface area contributed by atoms with E-state index in [2.05, 4.69) is 13.0 Å².